The quantitative estimate of drug-likeness (QED) is 0.419. The fourth-order valence-corrected chi connectivity index (χ4v) is 5.10. The topological polar surface area (TPSA) is 68.2 Å². The van der Waals surface area contributed by atoms with E-state index < -0.39 is 0 Å². The van der Waals surface area contributed by atoms with Crippen molar-refractivity contribution in [3.05, 3.63) is 62.8 Å². The molecule has 0 fully saturated rings. The lowest BCUT2D eigenvalue weighted by Gasteiger charge is -2.19. The molecule has 0 bridgehead atoms. The number of anilines is 1. The SMILES string of the molecule is COc1ccc(Cl)c2sc(N(Cc3cccnc3)C(=O)c3sc(C)nc3C)nc12. The minimum atomic E-state index is -0.147. The van der Waals surface area contributed by atoms with Gasteiger partial charge < -0.3 is 4.74 Å². The first kappa shape index (κ1) is 19.8. The summed E-state index contributed by atoms with van der Waals surface area (Å²) in [6.45, 7) is 4.07. The molecule has 3 heterocycles. The van der Waals surface area contributed by atoms with Crippen LogP contribution >= 0.6 is 34.3 Å². The average molecular weight is 445 g/mol. The average Bonchev–Trinajstić information content (AvgIpc) is 3.30. The smallest absolute Gasteiger partial charge is 0.272 e. The van der Waals surface area contributed by atoms with Gasteiger partial charge in [0.2, 0.25) is 0 Å². The Morgan fingerprint density at radius 2 is 2.03 bits per heavy atom. The number of nitrogens with zero attached hydrogens (tertiary/aromatic N) is 4. The van der Waals surface area contributed by atoms with Crippen molar-refractivity contribution in [1.29, 1.82) is 0 Å². The number of carbonyl (C=O) groups is 1. The third-order valence-electron chi connectivity index (χ3n) is 4.30. The van der Waals surface area contributed by atoms with Gasteiger partial charge >= 0.3 is 0 Å². The van der Waals surface area contributed by atoms with Crippen LogP contribution in [0.4, 0.5) is 5.13 Å². The van der Waals surface area contributed by atoms with E-state index in [4.69, 9.17) is 21.3 Å². The number of benzene rings is 1. The van der Waals surface area contributed by atoms with Crippen molar-refractivity contribution in [2.24, 2.45) is 0 Å². The summed E-state index contributed by atoms with van der Waals surface area (Å²) in [7, 11) is 1.59. The number of fused-ring (bicyclic) bond motifs is 1. The zero-order valence-electron chi connectivity index (χ0n) is 16.0. The first-order chi connectivity index (χ1) is 14.0. The molecule has 4 rings (SSSR count). The first-order valence-electron chi connectivity index (χ1n) is 8.75. The van der Waals surface area contributed by atoms with Gasteiger partial charge in [0.1, 0.15) is 16.1 Å². The van der Waals surface area contributed by atoms with Gasteiger partial charge in [-0.05, 0) is 37.6 Å². The van der Waals surface area contributed by atoms with Crippen LogP contribution in [-0.4, -0.2) is 28.0 Å². The van der Waals surface area contributed by atoms with E-state index >= 15 is 0 Å². The van der Waals surface area contributed by atoms with Gasteiger partial charge in [-0.25, -0.2) is 9.97 Å². The Morgan fingerprint density at radius 3 is 2.69 bits per heavy atom. The van der Waals surface area contributed by atoms with Crippen molar-refractivity contribution in [2.45, 2.75) is 20.4 Å². The summed E-state index contributed by atoms with van der Waals surface area (Å²) in [5.74, 6) is 0.469. The van der Waals surface area contributed by atoms with Gasteiger partial charge in [0, 0.05) is 12.4 Å². The third-order valence-corrected chi connectivity index (χ3v) is 6.90. The number of thiazole rings is 2. The van der Waals surface area contributed by atoms with Gasteiger partial charge in [0.25, 0.3) is 5.91 Å². The minimum absolute atomic E-state index is 0.147. The molecule has 0 spiro atoms. The summed E-state index contributed by atoms with van der Waals surface area (Å²) in [4.78, 5) is 29.0. The van der Waals surface area contributed by atoms with Crippen LogP contribution in [0.3, 0.4) is 0 Å². The maximum absolute atomic E-state index is 13.5. The molecule has 0 aliphatic rings. The molecule has 0 saturated heterocycles. The van der Waals surface area contributed by atoms with Crippen LogP contribution in [0.15, 0.2) is 36.7 Å². The van der Waals surface area contributed by atoms with E-state index in [9.17, 15) is 4.79 Å². The lowest BCUT2D eigenvalue weighted by molar-refractivity contribution is 0.0988. The fourth-order valence-electron chi connectivity index (χ4n) is 2.97. The molecule has 4 aromatic rings. The summed E-state index contributed by atoms with van der Waals surface area (Å²) >= 11 is 9.13. The van der Waals surface area contributed by atoms with Gasteiger partial charge in [-0.1, -0.05) is 29.0 Å². The van der Waals surface area contributed by atoms with Crippen LogP contribution in [0.5, 0.6) is 5.75 Å². The van der Waals surface area contributed by atoms with Gasteiger partial charge in [0.05, 0.1) is 34.1 Å². The molecule has 0 atom stereocenters. The summed E-state index contributed by atoms with van der Waals surface area (Å²) < 4.78 is 6.21. The van der Waals surface area contributed by atoms with Crippen LogP contribution in [0.2, 0.25) is 5.02 Å². The summed E-state index contributed by atoms with van der Waals surface area (Å²) in [6.07, 6.45) is 3.45. The van der Waals surface area contributed by atoms with Crippen LogP contribution in [0, 0.1) is 13.8 Å². The summed E-state index contributed by atoms with van der Waals surface area (Å²) in [5.41, 5.74) is 2.25. The molecular weight excluding hydrogens is 428 g/mol. The molecule has 148 valence electrons. The van der Waals surface area contributed by atoms with Gasteiger partial charge in [-0.2, -0.15) is 0 Å². The van der Waals surface area contributed by atoms with Gasteiger partial charge in [-0.15, -0.1) is 11.3 Å². The van der Waals surface area contributed by atoms with Crippen LogP contribution in [0.1, 0.15) is 25.9 Å². The number of aromatic nitrogens is 3. The normalized spacial score (nSPS) is 11.0. The number of hydrogen-bond acceptors (Lipinski definition) is 7. The predicted octanol–water partition coefficient (Wildman–Crippen LogP) is 5.27. The molecule has 1 aromatic carbocycles. The highest BCUT2D eigenvalue weighted by atomic mass is 35.5. The molecular formula is C20H17ClN4O2S2. The Balaban J connectivity index is 1.84. The van der Waals surface area contributed by atoms with E-state index in [1.807, 2.05) is 26.0 Å². The molecule has 9 heteroatoms. The molecule has 0 N–H and O–H groups in total. The second kappa shape index (κ2) is 8.06. The number of rotatable bonds is 5. The van der Waals surface area contributed by atoms with E-state index in [1.165, 1.54) is 22.7 Å². The molecule has 29 heavy (non-hydrogen) atoms. The number of amides is 1. The largest absolute Gasteiger partial charge is 0.494 e. The van der Waals surface area contributed by atoms with Crippen molar-refractivity contribution >= 4 is 55.5 Å². The zero-order valence-corrected chi connectivity index (χ0v) is 18.4. The second-order valence-corrected chi connectivity index (χ2v) is 8.91. The Bertz CT molecular complexity index is 1190. The molecule has 1 amide bonds. The van der Waals surface area contributed by atoms with E-state index in [-0.39, 0.29) is 5.91 Å². The van der Waals surface area contributed by atoms with Crippen molar-refractivity contribution in [2.75, 3.05) is 12.0 Å². The third kappa shape index (κ3) is 3.83. The first-order valence-corrected chi connectivity index (χ1v) is 10.8. The Morgan fingerprint density at radius 1 is 1.21 bits per heavy atom. The number of aryl methyl sites for hydroxylation is 2. The lowest BCUT2D eigenvalue weighted by Crippen LogP contribution is -2.30. The number of halogens is 1. The molecule has 0 unspecified atom stereocenters. The highest BCUT2D eigenvalue weighted by Crippen LogP contribution is 2.39. The van der Waals surface area contributed by atoms with Crippen LogP contribution in [-0.2, 0) is 6.54 Å². The highest BCUT2D eigenvalue weighted by molar-refractivity contribution is 7.23. The number of hydrogen-bond donors (Lipinski definition) is 0. The number of methoxy groups -OCH3 is 1. The van der Waals surface area contributed by atoms with Gasteiger partial charge in [-0.3, -0.25) is 14.7 Å². The second-order valence-electron chi connectivity index (χ2n) is 6.32. The van der Waals surface area contributed by atoms with Crippen molar-refractivity contribution in [1.82, 2.24) is 15.0 Å². The van der Waals surface area contributed by atoms with E-state index in [2.05, 4.69) is 9.97 Å². The molecule has 0 radical (unpaired) electrons. The van der Waals surface area contributed by atoms with Crippen molar-refractivity contribution < 1.29 is 9.53 Å². The molecule has 6 nitrogen and oxygen atoms in total. The highest BCUT2D eigenvalue weighted by Gasteiger charge is 2.26. The predicted molar refractivity (Wildman–Crippen MR) is 118 cm³/mol. The molecule has 0 aliphatic carbocycles. The summed E-state index contributed by atoms with van der Waals surface area (Å²) in [5, 5.41) is 1.97. The number of ether oxygens (including phenoxy) is 1. The monoisotopic (exact) mass is 444 g/mol. The zero-order chi connectivity index (χ0) is 20.5. The van der Waals surface area contributed by atoms with Crippen molar-refractivity contribution in [3.63, 3.8) is 0 Å². The molecule has 0 aliphatic heterocycles. The van der Waals surface area contributed by atoms with Crippen LogP contribution in [0.25, 0.3) is 10.2 Å². The maximum atomic E-state index is 13.5. The fraction of sp³-hybridized carbons (Fsp3) is 0.200. The van der Waals surface area contributed by atoms with Crippen LogP contribution < -0.4 is 9.64 Å². The minimum Gasteiger partial charge on any atom is -0.494 e. The number of carbonyl (C=O) groups excluding carboxylic acids is 1. The van der Waals surface area contributed by atoms with E-state index in [0.29, 0.717) is 38.5 Å². The van der Waals surface area contributed by atoms with E-state index in [1.54, 1.807) is 36.5 Å². The van der Waals surface area contributed by atoms with E-state index in [0.717, 1.165) is 15.3 Å². The molecule has 3 aromatic heterocycles. The van der Waals surface area contributed by atoms with Crippen molar-refractivity contribution in [3.8, 4) is 5.75 Å². The Hall–Kier alpha value is -2.55. The summed E-state index contributed by atoms with van der Waals surface area (Å²) in [6, 6.07) is 7.32. The van der Waals surface area contributed by atoms with Gasteiger partial charge in [0.15, 0.2) is 5.13 Å². The lowest BCUT2D eigenvalue weighted by atomic mass is 10.2. The number of pyridine rings is 1. The standard InChI is InChI=1S/C20H17ClN4O2S2/c1-11-17(28-12(2)23-11)19(26)25(10-13-5-4-8-22-9-13)20-24-16-15(27-3)7-6-14(21)18(16)29-20/h4-9H,10H2,1-3H3. The maximum Gasteiger partial charge on any atom is 0.272 e. The Kier molecular flexibility index (Phi) is 5.49. The Labute approximate surface area is 180 Å². The molecule has 0 saturated carbocycles.